The van der Waals surface area contributed by atoms with Crippen LogP contribution in [0.25, 0.3) is 0 Å². The van der Waals surface area contributed by atoms with Gasteiger partial charge in [0, 0.05) is 4.47 Å². The summed E-state index contributed by atoms with van der Waals surface area (Å²) in [5, 5.41) is 0. The molecule has 1 aliphatic heterocycles. The molecule has 0 aromatic heterocycles. The summed E-state index contributed by atoms with van der Waals surface area (Å²) in [6, 6.07) is 5.35. The fraction of sp³-hybridized carbons (Fsp3) is 0.400. The van der Waals surface area contributed by atoms with Crippen LogP contribution in [0.5, 0.6) is 5.75 Å². The van der Waals surface area contributed by atoms with Gasteiger partial charge < -0.3 is 4.74 Å². The maximum absolute atomic E-state index is 11.7. The molecule has 88 valence electrons. The first-order valence-corrected chi connectivity index (χ1v) is 7.46. The van der Waals surface area contributed by atoms with Crippen LogP contribution in [0, 0.1) is 0 Å². The minimum Gasteiger partial charge on any atom is -0.487 e. The van der Waals surface area contributed by atoms with Crippen molar-refractivity contribution in [1.29, 1.82) is 0 Å². The summed E-state index contributed by atoms with van der Waals surface area (Å²) in [5.74, 6) is 0.604. The van der Waals surface area contributed by atoms with Crippen molar-refractivity contribution in [2.24, 2.45) is 0 Å². The molecule has 16 heavy (non-hydrogen) atoms. The second kappa shape index (κ2) is 3.92. The third kappa shape index (κ3) is 2.17. The number of halogens is 1. The van der Waals surface area contributed by atoms with E-state index >= 15 is 0 Å². The van der Waals surface area contributed by atoms with Crippen molar-refractivity contribution in [2.75, 3.05) is 17.1 Å². The van der Waals surface area contributed by atoms with Gasteiger partial charge in [-0.15, -0.1) is 0 Å². The van der Waals surface area contributed by atoms with Crippen molar-refractivity contribution in [3.05, 3.63) is 22.7 Å². The van der Waals surface area contributed by atoms with Crippen molar-refractivity contribution < 1.29 is 13.2 Å². The number of benzene rings is 1. The van der Waals surface area contributed by atoms with Crippen LogP contribution < -0.4 is 9.04 Å². The van der Waals surface area contributed by atoms with Gasteiger partial charge in [-0.25, -0.2) is 8.42 Å². The summed E-state index contributed by atoms with van der Waals surface area (Å²) < 4.78 is 31.1. The van der Waals surface area contributed by atoms with E-state index in [-0.39, 0.29) is 6.10 Å². The molecule has 0 aliphatic carbocycles. The fourth-order valence-electron chi connectivity index (χ4n) is 1.69. The van der Waals surface area contributed by atoms with Crippen LogP contribution >= 0.6 is 15.9 Å². The van der Waals surface area contributed by atoms with Gasteiger partial charge in [0.2, 0.25) is 10.0 Å². The highest BCUT2D eigenvalue weighted by Crippen LogP contribution is 2.36. The number of rotatable bonds is 1. The van der Waals surface area contributed by atoms with E-state index in [2.05, 4.69) is 15.9 Å². The van der Waals surface area contributed by atoms with Gasteiger partial charge in [-0.05, 0) is 25.1 Å². The lowest BCUT2D eigenvalue weighted by Crippen LogP contribution is -2.41. The molecule has 1 aliphatic rings. The number of fused-ring (bicyclic) bond motifs is 1. The molecule has 0 fully saturated rings. The smallest absolute Gasteiger partial charge is 0.232 e. The molecule has 1 aromatic rings. The molecule has 6 heteroatoms. The highest BCUT2D eigenvalue weighted by molar-refractivity contribution is 9.10. The fourth-order valence-corrected chi connectivity index (χ4v) is 3.01. The van der Waals surface area contributed by atoms with Gasteiger partial charge in [-0.1, -0.05) is 15.9 Å². The number of nitrogens with zero attached hydrogens (tertiary/aromatic N) is 1. The van der Waals surface area contributed by atoms with Crippen LogP contribution in [0.2, 0.25) is 0 Å². The van der Waals surface area contributed by atoms with Crippen molar-refractivity contribution in [2.45, 2.75) is 13.0 Å². The first-order chi connectivity index (χ1) is 7.38. The van der Waals surface area contributed by atoms with Crippen LogP contribution in [0.15, 0.2) is 22.7 Å². The van der Waals surface area contributed by atoms with Crippen molar-refractivity contribution in [1.82, 2.24) is 0 Å². The minimum atomic E-state index is -3.26. The van der Waals surface area contributed by atoms with Crippen molar-refractivity contribution in [3.63, 3.8) is 0 Å². The van der Waals surface area contributed by atoms with Gasteiger partial charge >= 0.3 is 0 Å². The Morgan fingerprint density at radius 3 is 2.81 bits per heavy atom. The second-order valence-corrected chi connectivity index (χ2v) is 6.66. The SMILES string of the molecule is C[C@@H]1CN(S(C)(=O)=O)c2cc(Br)ccc2O1. The molecule has 0 saturated carbocycles. The number of ether oxygens (including phenoxy) is 1. The van der Waals surface area contributed by atoms with Gasteiger partial charge in [0.1, 0.15) is 11.9 Å². The predicted octanol–water partition coefficient (Wildman–Crippen LogP) is 2.00. The molecule has 1 heterocycles. The number of sulfonamides is 1. The second-order valence-electron chi connectivity index (χ2n) is 3.83. The van der Waals surface area contributed by atoms with E-state index in [0.29, 0.717) is 18.0 Å². The monoisotopic (exact) mass is 305 g/mol. The zero-order chi connectivity index (χ0) is 11.9. The van der Waals surface area contributed by atoms with Crippen LogP contribution in [0.4, 0.5) is 5.69 Å². The Bertz CT molecular complexity index is 515. The van der Waals surface area contributed by atoms with E-state index in [1.165, 1.54) is 10.6 Å². The molecule has 1 aromatic carbocycles. The molecule has 2 rings (SSSR count). The summed E-state index contributed by atoms with van der Waals surface area (Å²) in [6.07, 6.45) is 1.07. The Kier molecular flexibility index (Phi) is 2.88. The standard InChI is InChI=1S/C10H12BrNO3S/c1-7-6-12(16(2,13)14)9-5-8(11)3-4-10(9)15-7/h3-5,7H,6H2,1-2H3/t7-/m1/s1. The quantitative estimate of drug-likeness (QED) is 0.797. The lowest BCUT2D eigenvalue weighted by molar-refractivity contribution is 0.219. The molecule has 0 saturated heterocycles. The van der Waals surface area contributed by atoms with E-state index in [1.807, 2.05) is 13.0 Å². The van der Waals surface area contributed by atoms with Gasteiger partial charge in [0.15, 0.2) is 0 Å². The first-order valence-electron chi connectivity index (χ1n) is 4.82. The zero-order valence-corrected chi connectivity index (χ0v) is 11.4. The Labute approximate surface area is 103 Å². The molecule has 0 radical (unpaired) electrons. The number of hydrogen-bond donors (Lipinski definition) is 0. The highest BCUT2D eigenvalue weighted by Gasteiger charge is 2.28. The molecule has 0 amide bonds. The molecule has 0 spiro atoms. The Morgan fingerprint density at radius 2 is 2.19 bits per heavy atom. The number of anilines is 1. The van der Waals surface area contributed by atoms with Crippen molar-refractivity contribution in [3.8, 4) is 5.75 Å². The van der Waals surface area contributed by atoms with Crippen LogP contribution in [0.3, 0.4) is 0 Å². The maximum atomic E-state index is 11.7. The van der Waals surface area contributed by atoms with Crippen LogP contribution in [-0.4, -0.2) is 27.3 Å². The molecular formula is C10H12BrNO3S. The molecule has 0 unspecified atom stereocenters. The highest BCUT2D eigenvalue weighted by atomic mass is 79.9. The molecule has 0 N–H and O–H groups in total. The minimum absolute atomic E-state index is 0.136. The average molecular weight is 306 g/mol. The van der Waals surface area contributed by atoms with E-state index < -0.39 is 10.0 Å². The van der Waals surface area contributed by atoms with Crippen LogP contribution in [0.1, 0.15) is 6.92 Å². The predicted molar refractivity (Wildman–Crippen MR) is 66.4 cm³/mol. The third-order valence-electron chi connectivity index (χ3n) is 2.34. The van der Waals surface area contributed by atoms with Gasteiger partial charge in [0.05, 0.1) is 18.5 Å². The van der Waals surface area contributed by atoms with E-state index in [1.54, 1.807) is 12.1 Å². The molecule has 1 atom stereocenters. The summed E-state index contributed by atoms with van der Waals surface area (Å²) in [7, 11) is -3.26. The van der Waals surface area contributed by atoms with E-state index in [4.69, 9.17) is 4.74 Å². The Hall–Kier alpha value is -0.750. The Balaban J connectivity index is 2.56. The average Bonchev–Trinajstić information content (AvgIpc) is 2.16. The summed E-state index contributed by atoms with van der Waals surface area (Å²) in [6.45, 7) is 2.20. The lowest BCUT2D eigenvalue weighted by atomic mass is 10.2. The first kappa shape index (κ1) is 11.7. The summed E-state index contributed by atoms with van der Waals surface area (Å²) in [4.78, 5) is 0. The van der Waals surface area contributed by atoms with E-state index in [0.717, 1.165) is 4.47 Å². The number of hydrogen-bond acceptors (Lipinski definition) is 3. The zero-order valence-electron chi connectivity index (χ0n) is 8.97. The topological polar surface area (TPSA) is 46.6 Å². The largest absolute Gasteiger partial charge is 0.487 e. The normalized spacial score (nSPS) is 20.2. The van der Waals surface area contributed by atoms with Gasteiger partial charge in [-0.3, -0.25) is 4.31 Å². The van der Waals surface area contributed by atoms with Gasteiger partial charge in [-0.2, -0.15) is 0 Å². The van der Waals surface area contributed by atoms with Crippen LogP contribution in [-0.2, 0) is 10.0 Å². The van der Waals surface area contributed by atoms with Crippen molar-refractivity contribution >= 4 is 31.6 Å². The van der Waals surface area contributed by atoms with Gasteiger partial charge in [0.25, 0.3) is 0 Å². The summed E-state index contributed by atoms with van der Waals surface area (Å²) in [5.41, 5.74) is 0.593. The lowest BCUT2D eigenvalue weighted by Gasteiger charge is -2.33. The maximum Gasteiger partial charge on any atom is 0.232 e. The molecule has 4 nitrogen and oxygen atoms in total. The molecule has 0 bridgehead atoms. The summed E-state index contributed by atoms with van der Waals surface area (Å²) >= 11 is 3.32. The Morgan fingerprint density at radius 1 is 1.50 bits per heavy atom. The van der Waals surface area contributed by atoms with E-state index in [9.17, 15) is 8.42 Å². The third-order valence-corrected chi connectivity index (χ3v) is 3.98. The molecular weight excluding hydrogens is 294 g/mol.